The molecule has 2 N–H and O–H groups in total. The minimum atomic E-state index is -0.456. The highest BCUT2D eigenvalue weighted by atomic mass is 16.5. The Morgan fingerprint density at radius 1 is 1.09 bits per heavy atom. The molecule has 9 nitrogen and oxygen atoms in total. The van der Waals surface area contributed by atoms with E-state index in [1.165, 1.54) is 12.5 Å². The first-order valence-electron chi connectivity index (χ1n) is 10.6. The maximum atomic E-state index is 13.0. The molecule has 0 unspecified atom stereocenters. The van der Waals surface area contributed by atoms with Crippen LogP contribution in [0.2, 0.25) is 0 Å². The third kappa shape index (κ3) is 4.90. The zero-order chi connectivity index (χ0) is 22.5. The van der Waals surface area contributed by atoms with E-state index in [0.717, 1.165) is 36.4 Å². The van der Waals surface area contributed by atoms with Crippen LogP contribution in [0.3, 0.4) is 0 Å². The molecular formula is C23H27N5O4. The number of hydrogen-bond donors (Lipinski definition) is 2. The summed E-state index contributed by atoms with van der Waals surface area (Å²) in [7, 11) is 0. The minimum absolute atomic E-state index is 0.150. The fraction of sp³-hybridized carbons (Fsp3) is 0.348. The molecule has 0 bridgehead atoms. The number of aryl methyl sites for hydroxylation is 2. The molecule has 2 amide bonds. The average Bonchev–Trinajstić information content (AvgIpc) is 3.47. The fourth-order valence-electron chi connectivity index (χ4n) is 3.51. The largest absolute Gasteiger partial charge is 0.459 e. The number of amides is 2. The molecule has 1 saturated heterocycles. The highest BCUT2D eigenvalue weighted by Crippen LogP contribution is 2.23. The van der Waals surface area contributed by atoms with Crippen molar-refractivity contribution in [3.05, 3.63) is 65.2 Å². The van der Waals surface area contributed by atoms with E-state index in [-0.39, 0.29) is 17.2 Å². The monoisotopic (exact) mass is 437 g/mol. The second-order valence-electron chi connectivity index (χ2n) is 7.73. The van der Waals surface area contributed by atoms with Gasteiger partial charge in [0, 0.05) is 26.2 Å². The predicted molar refractivity (Wildman–Crippen MR) is 119 cm³/mol. The van der Waals surface area contributed by atoms with E-state index in [2.05, 4.69) is 20.6 Å². The quantitative estimate of drug-likeness (QED) is 0.589. The summed E-state index contributed by atoms with van der Waals surface area (Å²) in [6.07, 6.45) is 2.89. The molecule has 1 fully saturated rings. The van der Waals surface area contributed by atoms with Crippen LogP contribution in [-0.4, -0.2) is 65.9 Å². The van der Waals surface area contributed by atoms with E-state index in [9.17, 15) is 9.59 Å². The third-order valence-corrected chi connectivity index (χ3v) is 5.54. The van der Waals surface area contributed by atoms with Gasteiger partial charge < -0.3 is 19.8 Å². The summed E-state index contributed by atoms with van der Waals surface area (Å²) in [5.74, 6) is -0.318. The van der Waals surface area contributed by atoms with Crippen molar-refractivity contribution < 1.29 is 18.7 Å². The third-order valence-electron chi connectivity index (χ3n) is 5.54. The van der Waals surface area contributed by atoms with Gasteiger partial charge in [-0.25, -0.2) is 4.68 Å². The van der Waals surface area contributed by atoms with E-state index < -0.39 is 5.91 Å². The maximum absolute atomic E-state index is 13.0. The SMILES string of the molecule is Cc1ccc(-n2ncc(C(=O)NCCN3CCOCC3)c2NC(=O)c2ccco2)cc1C. The Balaban J connectivity index is 1.56. The molecule has 0 aliphatic carbocycles. The molecule has 168 valence electrons. The van der Waals surface area contributed by atoms with Crippen LogP contribution < -0.4 is 10.6 Å². The lowest BCUT2D eigenvalue weighted by Crippen LogP contribution is -2.41. The fourth-order valence-corrected chi connectivity index (χ4v) is 3.51. The maximum Gasteiger partial charge on any atom is 0.292 e. The van der Waals surface area contributed by atoms with Crippen molar-refractivity contribution >= 4 is 17.6 Å². The van der Waals surface area contributed by atoms with Crippen molar-refractivity contribution in [3.63, 3.8) is 0 Å². The van der Waals surface area contributed by atoms with Gasteiger partial charge in [-0.05, 0) is 49.2 Å². The van der Waals surface area contributed by atoms with Crippen LogP contribution in [0.4, 0.5) is 5.82 Å². The van der Waals surface area contributed by atoms with Crippen LogP contribution in [0.25, 0.3) is 5.69 Å². The van der Waals surface area contributed by atoms with Gasteiger partial charge in [0.15, 0.2) is 5.76 Å². The molecule has 3 aromatic rings. The average molecular weight is 438 g/mol. The molecule has 0 spiro atoms. The summed E-state index contributed by atoms with van der Waals surface area (Å²) in [4.78, 5) is 27.9. The van der Waals surface area contributed by atoms with Crippen LogP contribution in [0.1, 0.15) is 32.0 Å². The van der Waals surface area contributed by atoms with Crippen molar-refractivity contribution in [2.75, 3.05) is 44.7 Å². The zero-order valence-electron chi connectivity index (χ0n) is 18.3. The van der Waals surface area contributed by atoms with E-state index in [1.54, 1.807) is 16.8 Å². The molecule has 32 heavy (non-hydrogen) atoms. The number of carbonyl (C=O) groups is 2. The molecule has 0 atom stereocenters. The number of ether oxygens (including phenoxy) is 1. The van der Waals surface area contributed by atoms with Gasteiger partial charge in [-0.2, -0.15) is 5.10 Å². The molecule has 4 rings (SSSR count). The molecule has 1 aliphatic rings. The van der Waals surface area contributed by atoms with Gasteiger partial charge in [0.25, 0.3) is 11.8 Å². The Bertz CT molecular complexity index is 1080. The number of nitrogens with zero attached hydrogens (tertiary/aromatic N) is 3. The molecular weight excluding hydrogens is 410 g/mol. The Morgan fingerprint density at radius 3 is 2.62 bits per heavy atom. The molecule has 0 radical (unpaired) electrons. The standard InChI is InChI=1S/C23H27N5O4/c1-16-5-6-18(14-17(16)2)28-21(26-23(30)20-4-3-11-32-20)19(15-25-28)22(29)24-7-8-27-9-12-31-13-10-27/h3-6,11,14-15H,7-10,12-13H2,1-2H3,(H,24,29)(H,26,30). The Hall–Kier alpha value is -3.43. The molecule has 1 aliphatic heterocycles. The lowest BCUT2D eigenvalue weighted by atomic mass is 10.1. The summed E-state index contributed by atoms with van der Waals surface area (Å²) < 4.78 is 12.1. The first-order chi connectivity index (χ1) is 15.5. The highest BCUT2D eigenvalue weighted by molar-refractivity contribution is 6.07. The number of hydrogen-bond acceptors (Lipinski definition) is 6. The smallest absolute Gasteiger partial charge is 0.292 e. The summed E-state index contributed by atoms with van der Waals surface area (Å²) in [5, 5.41) is 10.1. The van der Waals surface area contributed by atoms with Gasteiger partial charge in [0.1, 0.15) is 11.4 Å². The van der Waals surface area contributed by atoms with Gasteiger partial charge >= 0.3 is 0 Å². The predicted octanol–water partition coefficient (Wildman–Crippen LogP) is 2.40. The summed E-state index contributed by atoms with van der Waals surface area (Å²) in [6.45, 7) is 8.36. The summed E-state index contributed by atoms with van der Waals surface area (Å²) in [5.41, 5.74) is 3.25. The number of nitrogens with one attached hydrogen (secondary N) is 2. The van der Waals surface area contributed by atoms with E-state index in [0.29, 0.717) is 25.6 Å². The molecule has 2 aromatic heterocycles. The summed E-state index contributed by atoms with van der Waals surface area (Å²) in [6, 6.07) is 9.04. The molecule has 0 saturated carbocycles. The van der Waals surface area contributed by atoms with Crippen LogP contribution in [0.15, 0.2) is 47.2 Å². The van der Waals surface area contributed by atoms with Gasteiger partial charge in [0.2, 0.25) is 0 Å². The lowest BCUT2D eigenvalue weighted by Gasteiger charge is -2.26. The molecule has 9 heteroatoms. The number of carbonyl (C=O) groups excluding carboxylic acids is 2. The van der Waals surface area contributed by atoms with Crippen molar-refractivity contribution in [3.8, 4) is 5.69 Å². The number of aromatic nitrogens is 2. The topological polar surface area (TPSA) is 102 Å². The van der Waals surface area contributed by atoms with E-state index in [1.807, 2.05) is 32.0 Å². The second kappa shape index (κ2) is 9.80. The van der Waals surface area contributed by atoms with Crippen LogP contribution in [0.5, 0.6) is 0 Å². The van der Waals surface area contributed by atoms with Crippen molar-refractivity contribution in [2.24, 2.45) is 0 Å². The highest BCUT2D eigenvalue weighted by Gasteiger charge is 2.22. The van der Waals surface area contributed by atoms with Gasteiger partial charge in [0.05, 0.1) is 31.4 Å². The zero-order valence-corrected chi connectivity index (χ0v) is 18.3. The summed E-state index contributed by atoms with van der Waals surface area (Å²) >= 11 is 0. The number of rotatable bonds is 7. The van der Waals surface area contributed by atoms with Crippen LogP contribution in [-0.2, 0) is 4.74 Å². The van der Waals surface area contributed by atoms with Gasteiger partial charge in [-0.15, -0.1) is 0 Å². The molecule has 3 heterocycles. The Morgan fingerprint density at radius 2 is 1.91 bits per heavy atom. The van der Waals surface area contributed by atoms with Crippen molar-refractivity contribution in [2.45, 2.75) is 13.8 Å². The number of anilines is 1. The van der Waals surface area contributed by atoms with Gasteiger partial charge in [-0.3, -0.25) is 14.5 Å². The molecule has 1 aromatic carbocycles. The number of furan rings is 1. The van der Waals surface area contributed by atoms with Crippen molar-refractivity contribution in [1.29, 1.82) is 0 Å². The van der Waals surface area contributed by atoms with Crippen LogP contribution in [0, 0.1) is 13.8 Å². The number of morpholine rings is 1. The minimum Gasteiger partial charge on any atom is -0.459 e. The van der Waals surface area contributed by atoms with Crippen molar-refractivity contribution in [1.82, 2.24) is 20.0 Å². The Kier molecular flexibility index (Phi) is 6.67. The van der Waals surface area contributed by atoms with Gasteiger partial charge in [-0.1, -0.05) is 6.07 Å². The Labute approximate surface area is 186 Å². The van der Waals surface area contributed by atoms with Crippen LogP contribution >= 0.6 is 0 Å². The lowest BCUT2D eigenvalue weighted by molar-refractivity contribution is 0.0383. The van der Waals surface area contributed by atoms with E-state index >= 15 is 0 Å². The number of benzene rings is 1. The first kappa shape index (κ1) is 21.8. The second-order valence-corrected chi connectivity index (χ2v) is 7.73. The van der Waals surface area contributed by atoms with E-state index in [4.69, 9.17) is 9.15 Å². The first-order valence-corrected chi connectivity index (χ1v) is 10.6. The normalized spacial score (nSPS) is 14.3.